The summed E-state index contributed by atoms with van der Waals surface area (Å²) in [6.07, 6.45) is 6.05. The van der Waals surface area contributed by atoms with Gasteiger partial charge in [0.1, 0.15) is 11.8 Å². The van der Waals surface area contributed by atoms with Crippen LogP contribution in [-0.4, -0.2) is 29.1 Å². The molecule has 3 atom stereocenters. The van der Waals surface area contributed by atoms with E-state index >= 15 is 0 Å². The summed E-state index contributed by atoms with van der Waals surface area (Å²) in [5, 5.41) is 7.01. The van der Waals surface area contributed by atoms with Crippen molar-refractivity contribution in [3.05, 3.63) is 66.4 Å². The van der Waals surface area contributed by atoms with Gasteiger partial charge in [0, 0.05) is 29.6 Å². The zero-order valence-corrected chi connectivity index (χ0v) is 17.8. The van der Waals surface area contributed by atoms with Crippen LogP contribution in [0.1, 0.15) is 38.2 Å². The number of amides is 2. The minimum absolute atomic E-state index is 0.138. The Morgan fingerprint density at radius 2 is 1.81 bits per heavy atom. The van der Waals surface area contributed by atoms with Gasteiger partial charge in [0.05, 0.1) is 0 Å². The molecule has 6 nitrogen and oxygen atoms in total. The second-order valence-electron chi connectivity index (χ2n) is 8.34. The summed E-state index contributed by atoms with van der Waals surface area (Å²) in [6.45, 7) is 2.18. The van der Waals surface area contributed by atoms with Crippen molar-refractivity contribution in [3.63, 3.8) is 0 Å². The van der Waals surface area contributed by atoms with Crippen LogP contribution in [0.2, 0.25) is 0 Å². The Labute approximate surface area is 182 Å². The van der Waals surface area contributed by atoms with Crippen LogP contribution in [0.15, 0.2) is 60.8 Å². The Morgan fingerprint density at radius 3 is 2.61 bits per heavy atom. The number of hydrogen-bond acceptors (Lipinski definition) is 3. The van der Waals surface area contributed by atoms with Crippen LogP contribution in [0, 0.1) is 5.92 Å². The maximum Gasteiger partial charge on any atom is 0.413 e. The van der Waals surface area contributed by atoms with Crippen molar-refractivity contribution >= 4 is 22.9 Å². The first kappa shape index (κ1) is 21.0. The van der Waals surface area contributed by atoms with Gasteiger partial charge in [-0.05, 0) is 42.5 Å². The normalized spacial score (nSPS) is 19.5. The van der Waals surface area contributed by atoms with Crippen LogP contribution >= 0.6 is 0 Å². The van der Waals surface area contributed by atoms with Gasteiger partial charge in [0.2, 0.25) is 5.91 Å². The van der Waals surface area contributed by atoms with E-state index in [1.54, 1.807) is 24.3 Å². The molecule has 1 aromatic heterocycles. The predicted octanol–water partition coefficient (Wildman–Crippen LogP) is 4.56. The molecule has 1 aliphatic carbocycles. The molecule has 1 saturated carbocycles. The van der Waals surface area contributed by atoms with Gasteiger partial charge in [-0.3, -0.25) is 4.79 Å². The Bertz CT molecular complexity index is 1030. The quantitative estimate of drug-likeness (QED) is 0.548. The molecule has 0 unspecified atom stereocenters. The fourth-order valence-electron chi connectivity index (χ4n) is 4.31. The number of benzene rings is 2. The number of aromatic nitrogens is 1. The molecule has 1 aliphatic rings. The first-order valence-electron chi connectivity index (χ1n) is 11.0. The molecule has 0 bridgehead atoms. The number of hydrogen-bond donors (Lipinski definition) is 3. The van der Waals surface area contributed by atoms with Gasteiger partial charge in [0.25, 0.3) is 0 Å². The van der Waals surface area contributed by atoms with Gasteiger partial charge in [0.15, 0.2) is 0 Å². The van der Waals surface area contributed by atoms with E-state index in [0.29, 0.717) is 18.1 Å². The number of ether oxygens (including phenoxy) is 1. The van der Waals surface area contributed by atoms with Crippen molar-refractivity contribution in [2.45, 2.75) is 51.1 Å². The van der Waals surface area contributed by atoms with E-state index in [4.69, 9.17) is 4.74 Å². The first-order chi connectivity index (χ1) is 15.1. The average Bonchev–Trinajstić information content (AvgIpc) is 3.18. The van der Waals surface area contributed by atoms with Gasteiger partial charge < -0.3 is 20.4 Å². The summed E-state index contributed by atoms with van der Waals surface area (Å²) in [4.78, 5) is 29.0. The molecule has 0 radical (unpaired) electrons. The third-order valence-electron chi connectivity index (χ3n) is 6.10. The van der Waals surface area contributed by atoms with E-state index in [1.807, 2.05) is 36.5 Å². The van der Waals surface area contributed by atoms with Gasteiger partial charge in [-0.2, -0.15) is 0 Å². The summed E-state index contributed by atoms with van der Waals surface area (Å²) < 4.78 is 5.37. The Hall–Kier alpha value is -3.28. The smallest absolute Gasteiger partial charge is 0.410 e. The maximum atomic E-state index is 13.2. The molecule has 3 N–H and O–H groups in total. The Balaban J connectivity index is 1.50. The lowest BCUT2D eigenvalue weighted by Crippen LogP contribution is -2.53. The molecule has 1 fully saturated rings. The number of H-pyrrole nitrogens is 1. The van der Waals surface area contributed by atoms with Gasteiger partial charge >= 0.3 is 6.09 Å². The molecule has 31 heavy (non-hydrogen) atoms. The number of nitrogens with one attached hydrogen (secondary N) is 3. The fraction of sp³-hybridized carbons (Fsp3) is 0.360. The molecule has 0 spiro atoms. The predicted molar refractivity (Wildman–Crippen MR) is 121 cm³/mol. The summed E-state index contributed by atoms with van der Waals surface area (Å²) >= 11 is 0. The van der Waals surface area contributed by atoms with E-state index in [9.17, 15) is 9.59 Å². The lowest BCUT2D eigenvalue weighted by molar-refractivity contribution is -0.124. The molecular formula is C25H29N3O3. The molecule has 0 aliphatic heterocycles. The van der Waals surface area contributed by atoms with Gasteiger partial charge in [-0.25, -0.2) is 4.79 Å². The van der Waals surface area contributed by atoms with Crippen molar-refractivity contribution in [2.24, 2.45) is 5.92 Å². The van der Waals surface area contributed by atoms with Crippen molar-refractivity contribution in [2.75, 3.05) is 0 Å². The molecule has 0 saturated heterocycles. The van der Waals surface area contributed by atoms with Gasteiger partial charge in [-0.1, -0.05) is 56.2 Å². The summed E-state index contributed by atoms with van der Waals surface area (Å²) in [5.41, 5.74) is 1.98. The van der Waals surface area contributed by atoms with Crippen LogP contribution in [0.25, 0.3) is 10.9 Å². The van der Waals surface area contributed by atoms with Crippen LogP contribution < -0.4 is 15.4 Å². The molecule has 6 heteroatoms. The van der Waals surface area contributed by atoms with Crippen molar-refractivity contribution in [1.82, 2.24) is 15.6 Å². The largest absolute Gasteiger partial charge is 0.413 e. The summed E-state index contributed by atoms with van der Waals surface area (Å²) in [7, 11) is 0. The number of aromatic amines is 1. The highest BCUT2D eigenvalue weighted by Crippen LogP contribution is 2.24. The second kappa shape index (κ2) is 9.69. The summed E-state index contributed by atoms with van der Waals surface area (Å²) in [5.74, 6) is 0.698. The number of rotatable bonds is 6. The number of carbonyl (C=O) groups excluding carboxylic acids is 2. The monoisotopic (exact) mass is 419 g/mol. The minimum atomic E-state index is -0.732. The van der Waals surface area contributed by atoms with E-state index in [1.165, 1.54) is 6.42 Å². The van der Waals surface area contributed by atoms with Crippen molar-refractivity contribution in [1.29, 1.82) is 0 Å². The SMILES string of the molecule is C[C@@H]1CCCC[C@H]1NC(=O)[C@H](Cc1c[nH]c2ccccc12)NC(=O)Oc1ccccc1. The number of fused-ring (bicyclic) bond motifs is 1. The van der Waals surface area contributed by atoms with E-state index in [2.05, 4.69) is 22.5 Å². The minimum Gasteiger partial charge on any atom is -0.410 e. The second-order valence-corrected chi connectivity index (χ2v) is 8.34. The first-order valence-corrected chi connectivity index (χ1v) is 11.0. The summed E-state index contributed by atoms with van der Waals surface area (Å²) in [6, 6.07) is 16.2. The van der Waals surface area contributed by atoms with Gasteiger partial charge in [-0.15, -0.1) is 0 Å². The van der Waals surface area contributed by atoms with Crippen LogP contribution in [0.5, 0.6) is 5.75 Å². The van der Waals surface area contributed by atoms with Crippen LogP contribution in [-0.2, 0) is 11.2 Å². The highest BCUT2D eigenvalue weighted by molar-refractivity contribution is 5.88. The highest BCUT2D eigenvalue weighted by atomic mass is 16.6. The van der Waals surface area contributed by atoms with E-state index in [0.717, 1.165) is 35.7 Å². The van der Waals surface area contributed by atoms with Crippen molar-refractivity contribution < 1.29 is 14.3 Å². The average molecular weight is 420 g/mol. The molecule has 3 aromatic rings. The fourth-order valence-corrected chi connectivity index (χ4v) is 4.31. The molecule has 2 amide bonds. The highest BCUT2D eigenvalue weighted by Gasteiger charge is 2.28. The topological polar surface area (TPSA) is 83.2 Å². The third-order valence-corrected chi connectivity index (χ3v) is 6.10. The van der Waals surface area contributed by atoms with E-state index < -0.39 is 12.1 Å². The molecule has 2 aromatic carbocycles. The molecule has 1 heterocycles. The zero-order chi connectivity index (χ0) is 21.6. The number of carbonyl (C=O) groups is 2. The maximum absolute atomic E-state index is 13.2. The standard InChI is InChI=1S/C25H29N3O3/c1-17-9-5-7-13-21(17)27-24(29)23(28-25(30)31-19-10-3-2-4-11-19)15-18-16-26-22-14-8-6-12-20(18)22/h2-4,6,8,10-12,14,16-17,21,23,26H,5,7,9,13,15H2,1H3,(H,27,29)(H,28,30)/t17-,21-,23+/m1/s1. The van der Waals surface area contributed by atoms with E-state index in [-0.39, 0.29) is 11.9 Å². The molecule has 162 valence electrons. The molecule has 4 rings (SSSR count). The number of para-hydroxylation sites is 2. The van der Waals surface area contributed by atoms with Crippen LogP contribution in [0.3, 0.4) is 0 Å². The lowest BCUT2D eigenvalue weighted by atomic mass is 9.85. The Morgan fingerprint density at radius 1 is 1.06 bits per heavy atom. The molecular weight excluding hydrogens is 390 g/mol. The lowest BCUT2D eigenvalue weighted by Gasteiger charge is -2.31. The van der Waals surface area contributed by atoms with Crippen LogP contribution in [0.4, 0.5) is 4.79 Å². The zero-order valence-electron chi connectivity index (χ0n) is 17.8. The Kier molecular flexibility index (Phi) is 6.55. The third kappa shape index (κ3) is 5.26. The van der Waals surface area contributed by atoms with Crippen molar-refractivity contribution in [3.8, 4) is 5.75 Å².